The third-order valence-corrected chi connectivity index (χ3v) is 2.17. The Morgan fingerprint density at radius 2 is 2.08 bits per heavy atom. The molecule has 0 aromatic heterocycles. The van der Waals surface area contributed by atoms with Gasteiger partial charge < -0.3 is 9.47 Å². The standard InChI is InChI=1S/C10H19IO2/c1-4-12-7-8-13-10(11)6-5-9(2)3/h6,9H,4-5,7-8H2,1-3H3/b10-6-. The zero-order chi connectivity index (χ0) is 10.1. The molecule has 13 heavy (non-hydrogen) atoms. The Morgan fingerprint density at radius 1 is 1.38 bits per heavy atom. The van der Waals surface area contributed by atoms with E-state index in [2.05, 4.69) is 42.5 Å². The molecule has 0 aliphatic carbocycles. The van der Waals surface area contributed by atoms with E-state index in [0.717, 1.165) is 16.8 Å². The topological polar surface area (TPSA) is 18.5 Å². The minimum atomic E-state index is 0.653. The minimum Gasteiger partial charge on any atom is -0.486 e. The van der Waals surface area contributed by atoms with Crippen LogP contribution in [0, 0.1) is 5.92 Å². The lowest BCUT2D eigenvalue weighted by atomic mass is 10.1. The highest BCUT2D eigenvalue weighted by Gasteiger charge is 1.94. The summed E-state index contributed by atoms with van der Waals surface area (Å²) >= 11 is 2.21. The second-order valence-corrected chi connectivity index (χ2v) is 4.25. The lowest BCUT2D eigenvalue weighted by Gasteiger charge is -2.05. The maximum Gasteiger partial charge on any atom is 0.152 e. The molecule has 0 aliphatic heterocycles. The fourth-order valence-electron chi connectivity index (χ4n) is 0.730. The van der Waals surface area contributed by atoms with Gasteiger partial charge in [-0.3, -0.25) is 0 Å². The lowest BCUT2D eigenvalue weighted by molar-refractivity contribution is 0.0916. The van der Waals surface area contributed by atoms with Gasteiger partial charge in [-0.05, 0) is 47.9 Å². The number of rotatable bonds is 7. The maximum atomic E-state index is 5.42. The molecule has 0 spiro atoms. The van der Waals surface area contributed by atoms with E-state index in [0.29, 0.717) is 19.1 Å². The fraction of sp³-hybridized carbons (Fsp3) is 0.800. The predicted molar refractivity (Wildman–Crippen MR) is 64.0 cm³/mol. The molecule has 78 valence electrons. The summed E-state index contributed by atoms with van der Waals surface area (Å²) in [6.07, 6.45) is 3.20. The average Bonchev–Trinajstić information content (AvgIpc) is 2.09. The quantitative estimate of drug-likeness (QED) is 0.407. The molecular weight excluding hydrogens is 279 g/mol. The Hall–Kier alpha value is 0.230. The van der Waals surface area contributed by atoms with Crippen LogP contribution in [0.15, 0.2) is 9.84 Å². The summed E-state index contributed by atoms with van der Waals surface area (Å²) in [7, 11) is 0. The van der Waals surface area contributed by atoms with Crippen LogP contribution >= 0.6 is 22.6 Å². The van der Waals surface area contributed by atoms with Crippen molar-refractivity contribution in [1.29, 1.82) is 0 Å². The van der Waals surface area contributed by atoms with E-state index in [1.807, 2.05) is 6.92 Å². The van der Waals surface area contributed by atoms with Crippen LogP contribution in [0.5, 0.6) is 0 Å². The van der Waals surface area contributed by atoms with Gasteiger partial charge in [-0.15, -0.1) is 0 Å². The van der Waals surface area contributed by atoms with Gasteiger partial charge in [0.2, 0.25) is 0 Å². The molecule has 0 amide bonds. The summed E-state index contributed by atoms with van der Waals surface area (Å²) in [5.74, 6) is 0.695. The van der Waals surface area contributed by atoms with Gasteiger partial charge in [0.15, 0.2) is 3.77 Å². The van der Waals surface area contributed by atoms with E-state index in [4.69, 9.17) is 9.47 Å². The fourth-order valence-corrected chi connectivity index (χ4v) is 1.20. The highest BCUT2D eigenvalue weighted by atomic mass is 127. The van der Waals surface area contributed by atoms with Gasteiger partial charge in [0.1, 0.15) is 6.61 Å². The summed E-state index contributed by atoms with van der Waals surface area (Å²) < 4.78 is 11.5. The van der Waals surface area contributed by atoms with Crippen LogP contribution in [0.3, 0.4) is 0 Å². The van der Waals surface area contributed by atoms with Crippen molar-refractivity contribution in [3.63, 3.8) is 0 Å². The Labute approximate surface area is 94.8 Å². The van der Waals surface area contributed by atoms with Gasteiger partial charge in [-0.2, -0.15) is 0 Å². The molecule has 3 heteroatoms. The number of hydrogen-bond acceptors (Lipinski definition) is 2. The van der Waals surface area contributed by atoms with E-state index in [1.165, 1.54) is 0 Å². The Balaban J connectivity index is 3.38. The van der Waals surface area contributed by atoms with Crippen LogP contribution < -0.4 is 0 Å². The number of ether oxygens (including phenoxy) is 2. The summed E-state index contributed by atoms with van der Waals surface area (Å²) in [5, 5.41) is 0. The number of allylic oxidation sites excluding steroid dienone is 1. The molecule has 0 saturated carbocycles. The largest absolute Gasteiger partial charge is 0.486 e. The van der Waals surface area contributed by atoms with Crippen LogP contribution in [0.4, 0.5) is 0 Å². The molecule has 0 atom stereocenters. The highest BCUT2D eigenvalue weighted by Crippen LogP contribution is 2.11. The molecule has 0 aliphatic rings. The Kier molecular flexibility index (Phi) is 8.97. The van der Waals surface area contributed by atoms with E-state index in [-0.39, 0.29) is 0 Å². The van der Waals surface area contributed by atoms with E-state index in [9.17, 15) is 0 Å². The van der Waals surface area contributed by atoms with Crippen LogP contribution in [0.1, 0.15) is 27.2 Å². The molecular formula is C10H19IO2. The van der Waals surface area contributed by atoms with Crippen molar-refractivity contribution in [2.24, 2.45) is 5.92 Å². The molecule has 0 aromatic rings. The van der Waals surface area contributed by atoms with Gasteiger partial charge in [0, 0.05) is 6.61 Å². The van der Waals surface area contributed by atoms with Crippen molar-refractivity contribution in [3.05, 3.63) is 9.84 Å². The molecule has 0 radical (unpaired) electrons. The molecule has 0 fully saturated rings. The summed E-state index contributed by atoms with van der Waals surface area (Å²) in [6.45, 7) is 8.47. The summed E-state index contributed by atoms with van der Waals surface area (Å²) in [4.78, 5) is 0. The Bertz CT molecular complexity index is 144. The minimum absolute atomic E-state index is 0.653. The second kappa shape index (κ2) is 8.81. The highest BCUT2D eigenvalue weighted by molar-refractivity contribution is 14.1. The van der Waals surface area contributed by atoms with E-state index in [1.54, 1.807) is 0 Å². The Morgan fingerprint density at radius 3 is 2.62 bits per heavy atom. The van der Waals surface area contributed by atoms with Gasteiger partial charge in [-0.25, -0.2) is 0 Å². The van der Waals surface area contributed by atoms with Gasteiger partial charge in [-0.1, -0.05) is 13.8 Å². The zero-order valence-corrected chi connectivity index (χ0v) is 10.8. The predicted octanol–water partition coefficient (Wildman–Crippen LogP) is 3.36. The first-order valence-electron chi connectivity index (χ1n) is 4.73. The molecule has 2 nitrogen and oxygen atoms in total. The van der Waals surface area contributed by atoms with E-state index >= 15 is 0 Å². The second-order valence-electron chi connectivity index (χ2n) is 3.18. The molecule has 0 heterocycles. The summed E-state index contributed by atoms with van der Waals surface area (Å²) in [6, 6.07) is 0. The molecule has 0 rings (SSSR count). The van der Waals surface area contributed by atoms with Crippen LogP contribution in [-0.2, 0) is 9.47 Å². The normalized spacial score (nSPS) is 12.2. The lowest BCUT2D eigenvalue weighted by Crippen LogP contribution is -2.01. The van der Waals surface area contributed by atoms with Crippen molar-refractivity contribution < 1.29 is 9.47 Å². The first-order valence-corrected chi connectivity index (χ1v) is 5.80. The van der Waals surface area contributed by atoms with Crippen LogP contribution in [0.25, 0.3) is 0 Å². The van der Waals surface area contributed by atoms with Crippen LogP contribution in [-0.4, -0.2) is 19.8 Å². The third kappa shape index (κ3) is 10.1. The smallest absolute Gasteiger partial charge is 0.152 e. The molecule has 0 N–H and O–H groups in total. The molecule has 0 unspecified atom stereocenters. The molecule has 0 aromatic carbocycles. The molecule has 0 saturated heterocycles. The van der Waals surface area contributed by atoms with Gasteiger partial charge in [0.25, 0.3) is 0 Å². The van der Waals surface area contributed by atoms with E-state index < -0.39 is 0 Å². The van der Waals surface area contributed by atoms with Crippen molar-refractivity contribution in [2.75, 3.05) is 19.8 Å². The van der Waals surface area contributed by atoms with Crippen molar-refractivity contribution >= 4 is 22.6 Å². The zero-order valence-electron chi connectivity index (χ0n) is 8.68. The number of hydrogen-bond donors (Lipinski definition) is 0. The van der Waals surface area contributed by atoms with Gasteiger partial charge >= 0.3 is 0 Å². The van der Waals surface area contributed by atoms with Crippen molar-refractivity contribution in [3.8, 4) is 0 Å². The molecule has 0 bridgehead atoms. The number of halogens is 1. The first-order chi connectivity index (χ1) is 6.16. The van der Waals surface area contributed by atoms with Gasteiger partial charge in [0.05, 0.1) is 6.61 Å². The average molecular weight is 298 g/mol. The first kappa shape index (κ1) is 13.2. The summed E-state index contributed by atoms with van der Waals surface area (Å²) in [5.41, 5.74) is 0. The third-order valence-electron chi connectivity index (χ3n) is 1.42. The van der Waals surface area contributed by atoms with Crippen molar-refractivity contribution in [1.82, 2.24) is 0 Å². The van der Waals surface area contributed by atoms with Crippen molar-refractivity contribution in [2.45, 2.75) is 27.2 Å². The maximum absolute atomic E-state index is 5.42. The monoisotopic (exact) mass is 298 g/mol. The van der Waals surface area contributed by atoms with Crippen LogP contribution in [0.2, 0.25) is 0 Å². The SMILES string of the molecule is CCOCCO/C(I)=C\CC(C)C.